The molecular weight excluding hydrogens is 406 g/mol. The summed E-state index contributed by atoms with van der Waals surface area (Å²) in [5.74, 6) is -2.36. The fraction of sp³-hybridized carbons (Fsp3) is 0.722. The molecule has 13 nitrogen and oxygen atoms in total. The van der Waals surface area contributed by atoms with E-state index in [4.69, 9.17) is 28.7 Å². The summed E-state index contributed by atoms with van der Waals surface area (Å²) in [4.78, 5) is 44.2. The van der Waals surface area contributed by atoms with Crippen LogP contribution in [0.25, 0.3) is 0 Å². The molecular formula is C18H37N9O4. The summed E-state index contributed by atoms with van der Waals surface area (Å²) in [5.41, 5.74) is 26.8. The molecule has 0 saturated heterocycles. The number of guanidine groups is 2. The van der Waals surface area contributed by atoms with Crippen LogP contribution in [-0.2, 0) is 14.4 Å². The van der Waals surface area contributed by atoms with Crippen LogP contribution in [0.1, 0.15) is 46.0 Å². The van der Waals surface area contributed by atoms with Gasteiger partial charge in [0.15, 0.2) is 11.9 Å². The monoisotopic (exact) mass is 443 g/mol. The van der Waals surface area contributed by atoms with Gasteiger partial charge in [-0.05, 0) is 38.0 Å². The number of aliphatic imine (C=N–C) groups is 2. The predicted octanol–water partition coefficient (Wildman–Crippen LogP) is -2.48. The maximum atomic E-state index is 12.7. The Balaban J connectivity index is 4.92. The summed E-state index contributed by atoms with van der Waals surface area (Å²) in [7, 11) is 0. The van der Waals surface area contributed by atoms with E-state index in [9.17, 15) is 19.5 Å². The highest BCUT2D eigenvalue weighted by Crippen LogP contribution is 2.08. The number of rotatable bonds is 15. The van der Waals surface area contributed by atoms with Gasteiger partial charge in [0.1, 0.15) is 12.1 Å². The lowest BCUT2D eigenvalue weighted by molar-refractivity contribution is -0.142. The Bertz CT molecular complexity index is 644. The minimum Gasteiger partial charge on any atom is -0.480 e. The van der Waals surface area contributed by atoms with Crippen molar-refractivity contribution in [2.75, 3.05) is 13.1 Å². The number of nitrogens with zero attached hydrogens (tertiary/aromatic N) is 2. The molecule has 0 aromatic rings. The van der Waals surface area contributed by atoms with Crippen LogP contribution in [0.15, 0.2) is 9.98 Å². The van der Waals surface area contributed by atoms with E-state index < -0.39 is 35.9 Å². The number of carboxylic acids is 1. The predicted molar refractivity (Wildman–Crippen MR) is 119 cm³/mol. The van der Waals surface area contributed by atoms with Crippen molar-refractivity contribution in [2.24, 2.45) is 44.6 Å². The third-order valence-electron chi connectivity index (χ3n) is 4.20. The van der Waals surface area contributed by atoms with Crippen molar-refractivity contribution in [2.45, 2.75) is 64.1 Å². The largest absolute Gasteiger partial charge is 0.480 e. The molecule has 0 radical (unpaired) electrons. The molecule has 0 rings (SSSR count). The summed E-state index contributed by atoms with van der Waals surface area (Å²) >= 11 is 0. The number of carboxylic acid groups (broad SMARTS) is 1. The van der Waals surface area contributed by atoms with E-state index in [1.54, 1.807) is 0 Å². The van der Waals surface area contributed by atoms with Gasteiger partial charge in [0.2, 0.25) is 11.8 Å². The van der Waals surface area contributed by atoms with E-state index in [0.717, 1.165) is 0 Å². The highest BCUT2D eigenvalue weighted by Gasteiger charge is 2.28. The average molecular weight is 444 g/mol. The highest BCUT2D eigenvalue weighted by atomic mass is 16.4. The van der Waals surface area contributed by atoms with Crippen molar-refractivity contribution in [3.63, 3.8) is 0 Å². The summed E-state index contributed by atoms with van der Waals surface area (Å²) in [6, 6.07) is -2.91. The van der Waals surface area contributed by atoms with Crippen molar-refractivity contribution in [1.29, 1.82) is 0 Å². The van der Waals surface area contributed by atoms with E-state index in [0.29, 0.717) is 32.2 Å². The smallest absolute Gasteiger partial charge is 0.326 e. The molecule has 0 fully saturated rings. The molecule has 3 atom stereocenters. The van der Waals surface area contributed by atoms with Gasteiger partial charge in [0.05, 0.1) is 6.04 Å². The molecule has 0 aromatic heterocycles. The van der Waals surface area contributed by atoms with Gasteiger partial charge >= 0.3 is 5.97 Å². The summed E-state index contributed by atoms with van der Waals surface area (Å²) in [6.07, 6.45) is 1.62. The second kappa shape index (κ2) is 14.8. The van der Waals surface area contributed by atoms with E-state index in [2.05, 4.69) is 20.6 Å². The second-order valence-corrected chi connectivity index (χ2v) is 7.59. The normalized spacial score (nSPS) is 13.5. The second-order valence-electron chi connectivity index (χ2n) is 7.59. The molecule has 2 amide bonds. The van der Waals surface area contributed by atoms with Crippen LogP contribution in [0, 0.1) is 5.92 Å². The van der Waals surface area contributed by atoms with E-state index in [1.165, 1.54) is 0 Å². The third-order valence-corrected chi connectivity index (χ3v) is 4.20. The fourth-order valence-electron chi connectivity index (χ4n) is 2.67. The SMILES string of the molecule is CC(C)CC(NC(=O)C(N)CCCN=C(N)N)C(=O)NC(CCCN=C(N)N)C(=O)O. The number of nitrogens with one attached hydrogen (secondary N) is 2. The molecule has 0 aliphatic carbocycles. The van der Waals surface area contributed by atoms with Crippen molar-refractivity contribution >= 4 is 29.7 Å². The van der Waals surface area contributed by atoms with E-state index in [1.807, 2.05) is 13.8 Å². The highest BCUT2D eigenvalue weighted by molar-refractivity contribution is 5.91. The van der Waals surface area contributed by atoms with Crippen LogP contribution in [-0.4, -0.2) is 66.0 Å². The maximum absolute atomic E-state index is 12.7. The number of hydrogen-bond acceptors (Lipinski definition) is 6. The third kappa shape index (κ3) is 13.7. The quantitative estimate of drug-likeness (QED) is 0.0756. The Labute approximate surface area is 182 Å². The Hall–Kier alpha value is -3.09. The Morgan fingerprint density at radius 1 is 0.839 bits per heavy atom. The van der Waals surface area contributed by atoms with Gasteiger partial charge in [-0.1, -0.05) is 13.8 Å². The molecule has 0 aliphatic heterocycles. The summed E-state index contributed by atoms with van der Waals surface area (Å²) < 4.78 is 0. The lowest BCUT2D eigenvalue weighted by Crippen LogP contribution is -2.54. The van der Waals surface area contributed by atoms with Crippen LogP contribution in [0.3, 0.4) is 0 Å². The van der Waals surface area contributed by atoms with Crippen LogP contribution in [0.2, 0.25) is 0 Å². The van der Waals surface area contributed by atoms with Gasteiger partial charge in [0, 0.05) is 13.1 Å². The van der Waals surface area contributed by atoms with Crippen LogP contribution < -0.4 is 39.3 Å². The number of nitrogens with two attached hydrogens (primary N) is 5. The van der Waals surface area contributed by atoms with E-state index in [-0.39, 0.29) is 30.8 Å². The summed E-state index contributed by atoms with van der Waals surface area (Å²) in [5, 5.41) is 14.5. The first kappa shape index (κ1) is 27.9. The van der Waals surface area contributed by atoms with Crippen LogP contribution >= 0.6 is 0 Å². The van der Waals surface area contributed by atoms with Gasteiger partial charge in [-0.25, -0.2) is 4.79 Å². The van der Waals surface area contributed by atoms with Crippen molar-refractivity contribution in [3.8, 4) is 0 Å². The minimum absolute atomic E-state index is 0.0435. The number of carbonyl (C=O) groups is 3. The first-order valence-electron chi connectivity index (χ1n) is 10.1. The topological polar surface area (TPSA) is 250 Å². The van der Waals surface area contributed by atoms with Gasteiger partial charge in [-0.2, -0.15) is 0 Å². The standard InChI is InChI=1S/C18H37N9O4/c1-10(2)9-13(27-14(28)11(19)5-3-7-24-17(20)21)15(29)26-12(16(30)31)6-4-8-25-18(22)23/h10-13H,3-9,19H2,1-2H3,(H,26,29)(H,27,28)(H,30,31)(H4,20,21,24)(H4,22,23,25). The molecule has 13 N–H and O–H groups in total. The van der Waals surface area contributed by atoms with Gasteiger partial charge in [0.25, 0.3) is 0 Å². The molecule has 3 unspecified atom stereocenters. The van der Waals surface area contributed by atoms with Crippen LogP contribution in [0.4, 0.5) is 0 Å². The number of aliphatic carboxylic acids is 1. The Morgan fingerprint density at radius 2 is 1.32 bits per heavy atom. The van der Waals surface area contributed by atoms with Crippen molar-refractivity contribution in [1.82, 2.24) is 10.6 Å². The molecule has 178 valence electrons. The van der Waals surface area contributed by atoms with Crippen molar-refractivity contribution < 1.29 is 19.5 Å². The molecule has 0 heterocycles. The molecule has 0 saturated carbocycles. The average Bonchev–Trinajstić information content (AvgIpc) is 2.65. The molecule has 0 aliphatic rings. The van der Waals surface area contributed by atoms with Gasteiger partial charge in [-0.15, -0.1) is 0 Å². The molecule has 0 bridgehead atoms. The lowest BCUT2D eigenvalue weighted by atomic mass is 10.0. The van der Waals surface area contributed by atoms with Crippen molar-refractivity contribution in [3.05, 3.63) is 0 Å². The Kier molecular flexibility index (Phi) is 13.3. The molecule has 0 spiro atoms. The molecule has 0 aromatic carbocycles. The number of hydrogen-bond donors (Lipinski definition) is 8. The first-order valence-corrected chi connectivity index (χ1v) is 10.1. The number of carbonyl (C=O) groups excluding carboxylic acids is 2. The zero-order chi connectivity index (χ0) is 24.0. The molecule has 13 heteroatoms. The lowest BCUT2D eigenvalue weighted by Gasteiger charge is -2.24. The summed E-state index contributed by atoms with van der Waals surface area (Å²) in [6.45, 7) is 4.33. The minimum atomic E-state index is -1.19. The van der Waals surface area contributed by atoms with E-state index >= 15 is 0 Å². The van der Waals surface area contributed by atoms with Gasteiger partial charge < -0.3 is 44.4 Å². The fourth-order valence-corrected chi connectivity index (χ4v) is 2.67. The molecule has 31 heavy (non-hydrogen) atoms. The first-order chi connectivity index (χ1) is 14.4. The zero-order valence-electron chi connectivity index (χ0n) is 18.2. The van der Waals surface area contributed by atoms with Gasteiger partial charge in [-0.3, -0.25) is 19.6 Å². The Morgan fingerprint density at radius 3 is 1.77 bits per heavy atom. The zero-order valence-corrected chi connectivity index (χ0v) is 18.2. The maximum Gasteiger partial charge on any atom is 0.326 e. The number of amides is 2. The van der Waals surface area contributed by atoms with Crippen LogP contribution in [0.5, 0.6) is 0 Å².